The second kappa shape index (κ2) is 2.33. The number of methoxy groups -OCH3 is 1. The molecule has 2 rings (SSSR count). The van der Waals surface area contributed by atoms with Crippen molar-refractivity contribution in [3.63, 3.8) is 0 Å². The van der Waals surface area contributed by atoms with E-state index >= 15 is 0 Å². The number of aromatic nitrogens is 4. The predicted octanol–water partition coefficient (Wildman–Crippen LogP) is -0.345. The number of nitrogens with zero attached hydrogens (tertiary/aromatic N) is 2. The fourth-order valence-corrected chi connectivity index (χ4v) is 0.994. The van der Waals surface area contributed by atoms with Crippen molar-refractivity contribution >= 4 is 10.9 Å². The van der Waals surface area contributed by atoms with Crippen molar-refractivity contribution in [1.82, 2.24) is 20.4 Å². The molecule has 6 heteroatoms. The first kappa shape index (κ1) is 6.84. The molecule has 2 aromatic rings. The van der Waals surface area contributed by atoms with Crippen molar-refractivity contribution in [3.8, 4) is 5.88 Å². The lowest BCUT2D eigenvalue weighted by atomic mass is 10.4. The third kappa shape index (κ3) is 0.777. The van der Waals surface area contributed by atoms with Crippen molar-refractivity contribution < 1.29 is 4.74 Å². The van der Waals surface area contributed by atoms with E-state index in [0.29, 0.717) is 16.8 Å². The second-order valence-electron chi connectivity index (χ2n) is 2.22. The molecule has 6 nitrogen and oxygen atoms in total. The molecule has 0 aromatic carbocycles. The van der Waals surface area contributed by atoms with Crippen molar-refractivity contribution in [2.45, 2.75) is 0 Å². The van der Waals surface area contributed by atoms with Crippen molar-refractivity contribution in [2.24, 2.45) is 0 Å². The van der Waals surface area contributed by atoms with E-state index in [0.717, 1.165) is 0 Å². The van der Waals surface area contributed by atoms with E-state index in [1.165, 1.54) is 13.3 Å². The molecule has 62 valence electrons. The quantitative estimate of drug-likeness (QED) is 0.606. The molecule has 0 aliphatic heterocycles. The Labute approximate surface area is 66.6 Å². The van der Waals surface area contributed by atoms with Crippen LogP contribution in [0.2, 0.25) is 0 Å². The molecule has 0 atom stereocenters. The summed E-state index contributed by atoms with van der Waals surface area (Å²) in [4.78, 5) is 11.1. The van der Waals surface area contributed by atoms with E-state index in [1.807, 2.05) is 0 Å². The van der Waals surface area contributed by atoms with Crippen LogP contribution in [0.3, 0.4) is 0 Å². The summed E-state index contributed by atoms with van der Waals surface area (Å²) >= 11 is 0. The van der Waals surface area contributed by atoms with Crippen LogP contribution in [0, 0.1) is 0 Å². The smallest absolute Gasteiger partial charge is 0.290 e. The number of hydrogen-bond acceptors (Lipinski definition) is 4. The van der Waals surface area contributed by atoms with E-state index in [9.17, 15) is 4.79 Å². The highest BCUT2D eigenvalue weighted by molar-refractivity contribution is 5.81. The first-order valence-electron chi connectivity index (χ1n) is 3.28. The summed E-state index contributed by atoms with van der Waals surface area (Å²) in [5, 5.41) is 12.8. The van der Waals surface area contributed by atoms with Crippen LogP contribution < -0.4 is 10.3 Å². The lowest BCUT2D eigenvalue weighted by molar-refractivity contribution is 0.401. The number of rotatable bonds is 1. The van der Waals surface area contributed by atoms with Gasteiger partial charge in [-0.1, -0.05) is 0 Å². The molecular weight excluding hydrogens is 160 g/mol. The largest absolute Gasteiger partial charge is 0.479 e. The summed E-state index contributed by atoms with van der Waals surface area (Å²) in [5.41, 5.74) is 0.0742. The number of H-pyrrole nitrogens is 2. The molecule has 0 bridgehead atoms. The Morgan fingerprint density at radius 2 is 2.33 bits per heavy atom. The van der Waals surface area contributed by atoms with Gasteiger partial charge in [-0.25, -0.2) is 5.10 Å². The molecule has 0 unspecified atom stereocenters. The highest BCUT2D eigenvalue weighted by atomic mass is 16.5. The van der Waals surface area contributed by atoms with E-state index in [1.54, 1.807) is 0 Å². The van der Waals surface area contributed by atoms with Gasteiger partial charge in [0.15, 0.2) is 0 Å². The predicted molar refractivity (Wildman–Crippen MR) is 41.1 cm³/mol. The van der Waals surface area contributed by atoms with Crippen LogP contribution >= 0.6 is 0 Å². The van der Waals surface area contributed by atoms with Crippen LogP contribution in [0.15, 0.2) is 11.0 Å². The molecule has 0 radical (unpaired) electrons. The van der Waals surface area contributed by atoms with Gasteiger partial charge in [-0.15, -0.1) is 5.10 Å². The molecule has 0 aliphatic carbocycles. The number of aromatic amines is 2. The van der Waals surface area contributed by atoms with Crippen LogP contribution in [0.25, 0.3) is 10.9 Å². The number of fused-ring (bicyclic) bond motifs is 1. The normalized spacial score (nSPS) is 10.4. The maximum Gasteiger partial charge on any atom is 0.290 e. The van der Waals surface area contributed by atoms with Gasteiger partial charge in [-0.05, 0) is 0 Å². The Bertz CT molecular complexity index is 458. The van der Waals surface area contributed by atoms with Gasteiger partial charge in [0.05, 0.1) is 18.7 Å². The van der Waals surface area contributed by atoms with Crippen LogP contribution in [-0.2, 0) is 0 Å². The molecule has 0 saturated heterocycles. The maximum absolute atomic E-state index is 11.1. The van der Waals surface area contributed by atoms with Crippen molar-refractivity contribution in [2.75, 3.05) is 7.11 Å². The molecule has 0 fully saturated rings. The summed E-state index contributed by atoms with van der Waals surface area (Å²) in [6.07, 6.45) is 1.49. The van der Waals surface area contributed by atoms with Crippen LogP contribution in [-0.4, -0.2) is 27.5 Å². The van der Waals surface area contributed by atoms with Gasteiger partial charge < -0.3 is 4.74 Å². The van der Waals surface area contributed by atoms with Gasteiger partial charge in [-0.2, -0.15) is 5.10 Å². The lowest BCUT2D eigenvalue weighted by Gasteiger charge is -1.90. The first-order valence-corrected chi connectivity index (χ1v) is 3.28. The van der Waals surface area contributed by atoms with Crippen LogP contribution in [0.4, 0.5) is 0 Å². The maximum atomic E-state index is 11.1. The van der Waals surface area contributed by atoms with Crippen molar-refractivity contribution in [3.05, 3.63) is 16.6 Å². The third-order valence-electron chi connectivity index (χ3n) is 1.55. The monoisotopic (exact) mass is 166 g/mol. The van der Waals surface area contributed by atoms with Gasteiger partial charge >= 0.3 is 0 Å². The Morgan fingerprint density at radius 3 is 3.08 bits per heavy atom. The molecule has 2 heterocycles. The standard InChI is InChI=1S/C6H6N4O2/c1-12-6-3-2-7-9-5(11)4(3)8-10-6/h2H,1H3,(H,8,10)(H,9,11). The Morgan fingerprint density at radius 1 is 1.50 bits per heavy atom. The zero-order chi connectivity index (χ0) is 8.55. The van der Waals surface area contributed by atoms with Crippen molar-refractivity contribution in [1.29, 1.82) is 0 Å². The highest BCUT2D eigenvalue weighted by Crippen LogP contribution is 2.16. The van der Waals surface area contributed by atoms with E-state index < -0.39 is 0 Å². The second-order valence-corrected chi connectivity index (χ2v) is 2.22. The van der Waals surface area contributed by atoms with Crippen LogP contribution in [0.5, 0.6) is 5.88 Å². The molecule has 2 N–H and O–H groups in total. The Hall–Kier alpha value is -1.85. The average molecular weight is 166 g/mol. The third-order valence-corrected chi connectivity index (χ3v) is 1.55. The van der Waals surface area contributed by atoms with E-state index in [2.05, 4.69) is 20.4 Å². The topological polar surface area (TPSA) is 83.7 Å². The van der Waals surface area contributed by atoms with Gasteiger partial charge in [0.1, 0.15) is 5.52 Å². The molecule has 0 saturated carbocycles. The summed E-state index contributed by atoms with van der Waals surface area (Å²) in [7, 11) is 1.48. The fraction of sp³-hybridized carbons (Fsp3) is 0.167. The molecule has 2 aromatic heterocycles. The van der Waals surface area contributed by atoms with E-state index in [4.69, 9.17) is 4.74 Å². The molecule has 0 aliphatic rings. The van der Waals surface area contributed by atoms with Crippen LogP contribution in [0.1, 0.15) is 0 Å². The average Bonchev–Trinajstić information content (AvgIpc) is 2.49. The Balaban J connectivity index is 2.89. The first-order chi connectivity index (χ1) is 5.83. The molecule has 0 amide bonds. The van der Waals surface area contributed by atoms with Gasteiger partial charge in [-0.3, -0.25) is 9.89 Å². The number of nitrogens with one attached hydrogen (secondary N) is 2. The molecular formula is C6H6N4O2. The Kier molecular flexibility index (Phi) is 1.33. The lowest BCUT2D eigenvalue weighted by Crippen LogP contribution is -2.06. The SMILES string of the molecule is COc1n[nH]c2c(=O)[nH]ncc12. The highest BCUT2D eigenvalue weighted by Gasteiger charge is 2.07. The van der Waals surface area contributed by atoms with Gasteiger partial charge in [0.25, 0.3) is 5.56 Å². The summed E-state index contributed by atoms with van der Waals surface area (Å²) < 4.78 is 4.89. The molecule has 12 heavy (non-hydrogen) atoms. The minimum absolute atomic E-state index is 0.302. The minimum atomic E-state index is -0.302. The van der Waals surface area contributed by atoms with E-state index in [-0.39, 0.29) is 5.56 Å². The summed E-state index contributed by atoms with van der Waals surface area (Å²) in [6.45, 7) is 0. The van der Waals surface area contributed by atoms with Gasteiger partial charge in [0, 0.05) is 0 Å². The van der Waals surface area contributed by atoms with Gasteiger partial charge in [0.2, 0.25) is 5.88 Å². The summed E-state index contributed by atoms with van der Waals surface area (Å²) in [6, 6.07) is 0. The zero-order valence-electron chi connectivity index (χ0n) is 6.29. The number of ether oxygens (including phenoxy) is 1. The summed E-state index contributed by atoms with van der Waals surface area (Å²) in [5.74, 6) is 0.378. The fourth-order valence-electron chi connectivity index (χ4n) is 0.994. The molecule has 0 spiro atoms. The number of hydrogen-bond donors (Lipinski definition) is 2. The zero-order valence-corrected chi connectivity index (χ0v) is 6.29. The minimum Gasteiger partial charge on any atom is -0.479 e.